The molecular formula is C36H32F2N8O2. The Morgan fingerprint density at radius 1 is 0.854 bits per heavy atom. The first-order valence-corrected chi connectivity index (χ1v) is 15.2. The van der Waals surface area contributed by atoms with Crippen molar-refractivity contribution in [1.29, 1.82) is 0 Å². The molecule has 0 saturated heterocycles. The van der Waals surface area contributed by atoms with E-state index in [-0.39, 0.29) is 5.91 Å². The molecule has 0 radical (unpaired) electrons. The van der Waals surface area contributed by atoms with Crippen LogP contribution in [0.25, 0.3) is 28.3 Å². The van der Waals surface area contributed by atoms with Crippen LogP contribution >= 0.6 is 0 Å². The molecule has 3 aromatic carbocycles. The van der Waals surface area contributed by atoms with Crippen LogP contribution in [0.5, 0.6) is 0 Å². The molecule has 0 unspecified atom stereocenters. The second kappa shape index (κ2) is 14.2. The summed E-state index contributed by atoms with van der Waals surface area (Å²) in [5, 5.41) is 8.77. The van der Waals surface area contributed by atoms with Crippen LogP contribution in [-0.2, 0) is 11.2 Å². The first-order valence-electron chi connectivity index (χ1n) is 15.2. The van der Waals surface area contributed by atoms with Gasteiger partial charge in [-0.2, -0.15) is 0 Å². The summed E-state index contributed by atoms with van der Waals surface area (Å²) in [7, 11) is 3.71. The number of pyridine rings is 1. The largest absolute Gasteiger partial charge is 0.355 e. The zero-order chi connectivity index (χ0) is 33.6. The van der Waals surface area contributed by atoms with E-state index in [9.17, 15) is 18.4 Å². The monoisotopic (exact) mass is 646 g/mol. The molecule has 3 N–H and O–H groups in total. The van der Waals surface area contributed by atoms with Gasteiger partial charge in [0.2, 0.25) is 11.9 Å². The SMILES string of the molecule is CN(C)CC(=O)NCCc1ccc(Nc2nccc(-c3c(-c4cccc(NC(=O)c5c(F)cccc5F)c4)nc4ccccn34)n2)cc1. The third-order valence-electron chi connectivity index (χ3n) is 7.42. The van der Waals surface area contributed by atoms with Crippen molar-refractivity contribution in [3.63, 3.8) is 0 Å². The van der Waals surface area contributed by atoms with Crippen LogP contribution in [-0.4, -0.2) is 63.3 Å². The number of nitrogens with zero attached hydrogens (tertiary/aromatic N) is 5. The lowest BCUT2D eigenvalue weighted by Crippen LogP contribution is -2.34. The smallest absolute Gasteiger partial charge is 0.261 e. The number of amides is 2. The predicted molar refractivity (Wildman–Crippen MR) is 181 cm³/mol. The molecule has 242 valence electrons. The van der Waals surface area contributed by atoms with Gasteiger partial charge >= 0.3 is 0 Å². The standard InChI is InChI=1S/C36H32F2N8O2/c1-45(2)22-31(47)39-18-16-23-12-14-25(15-13-23)42-36-40-19-17-29(43-36)34-33(44-30-11-3-4-20-46(30)34)24-7-5-8-26(21-24)41-35(48)32-27(37)9-6-10-28(32)38/h3-15,17,19-21H,16,18,22H2,1-2H3,(H,39,47)(H,41,48)(H,40,42,43). The van der Waals surface area contributed by atoms with Crippen LogP contribution in [0.3, 0.4) is 0 Å². The zero-order valence-corrected chi connectivity index (χ0v) is 26.2. The third-order valence-corrected chi connectivity index (χ3v) is 7.42. The molecule has 0 saturated carbocycles. The highest BCUT2D eigenvalue weighted by Gasteiger charge is 2.20. The zero-order valence-electron chi connectivity index (χ0n) is 26.2. The number of carbonyl (C=O) groups excluding carboxylic acids is 2. The lowest BCUT2D eigenvalue weighted by Gasteiger charge is -2.11. The van der Waals surface area contributed by atoms with Gasteiger partial charge in [0.25, 0.3) is 5.91 Å². The van der Waals surface area contributed by atoms with Crippen molar-refractivity contribution in [3.05, 3.63) is 126 Å². The van der Waals surface area contributed by atoms with Crippen molar-refractivity contribution in [3.8, 4) is 22.6 Å². The highest BCUT2D eigenvalue weighted by molar-refractivity contribution is 6.05. The minimum Gasteiger partial charge on any atom is -0.355 e. The van der Waals surface area contributed by atoms with Crippen molar-refractivity contribution in [1.82, 2.24) is 29.6 Å². The summed E-state index contributed by atoms with van der Waals surface area (Å²) in [4.78, 5) is 40.6. The van der Waals surface area contributed by atoms with E-state index in [1.807, 2.05) is 78.1 Å². The van der Waals surface area contributed by atoms with E-state index in [1.54, 1.807) is 30.5 Å². The van der Waals surface area contributed by atoms with Gasteiger partial charge in [0.1, 0.15) is 22.8 Å². The van der Waals surface area contributed by atoms with Crippen LogP contribution in [0.2, 0.25) is 0 Å². The molecular weight excluding hydrogens is 614 g/mol. The molecule has 3 aromatic heterocycles. The second-order valence-corrected chi connectivity index (χ2v) is 11.3. The summed E-state index contributed by atoms with van der Waals surface area (Å²) in [5.74, 6) is -2.43. The molecule has 3 heterocycles. The minimum absolute atomic E-state index is 0.0136. The molecule has 0 bridgehead atoms. The Morgan fingerprint density at radius 2 is 1.62 bits per heavy atom. The molecule has 6 aromatic rings. The van der Waals surface area contributed by atoms with Crippen molar-refractivity contribution >= 4 is 34.8 Å². The van der Waals surface area contributed by atoms with Crippen molar-refractivity contribution < 1.29 is 18.4 Å². The maximum absolute atomic E-state index is 14.3. The van der Waals surface area contributed by atoms with Crippen molar-refractivity contribution in [2.45, 2.75) is 6.42 Å². The summed E-state index contributed by atoms with van der Waals surface area (Å²) < 4.78 is 30.4. The van der Waals surface area contributed by atoms with Gasteiger partial charge in [-0.25, -0.2) is 23.7 Å². The quantitative estimate of drug-likeness (QED) is 0.159. The molecule has 2 amide bonds. The number of aromatic nitrogens is 4. The molecule has 0 spiro atoms. The number of halogens is 2. The first kappa shape index (κ1) is 32.0. The van der Waals surface area contributed by atoms with Crippen LogP contribution < -0.4 is 16.0 Å². The van der Waals surface area contributed by atoms with Gasteiger partial charge in [-0.05, 0) is 80.7 Å². The third kappa shape index (κ3) is 7.34. The minimum atomic E-state index is -0.948. The number of imidazole rings is 1. The number of hydrogen-bond acceptors (Lipinski definition) is 7. The van der Waals surface area contributed by atoms with E-state index in [0.717, 1.165) is 23.4 Å². The average molecular weight is 647 g/mol. The molecule has 10 nitrogen and oxygen atoms in total. The number of fused-ring (bicyclic) bond motifs is 1. The van der Waals surface area contributed by atoms with E-state index >= 15 is 0 Å². The number of anilines is 3. The predicted octanol–water partition coefficient (Wildman–Crippen LogP) is 5.95. The van der Waals surface area contributed by atoms with E-state index < -0.39 is 23.1 Å². The fourth-order valence-corrected chi connectivity index (χ4v) is 5.22. The summed E-state index contributed by atoms with van der Waals surface area (Å²) in [6.07, 6.45) is 4.24. The molecule has 48 heavy (non-hydrogen) atoms. The average Bonchev–Trinajstić information content (AvgIpc) is 3.45. The maximum atomic E-state index is 14.3. The molecule has 0 aliphatic heterocycles. The lowest BCUT2D eigenvalue weighted by atomic mass is 10.1. The fourth-order valence-electron chi connectivity index (χ4n) is 5.22. The van der Waals surface area contributed by atoms with E-state index in [4.69, 9.17) is 9.97 Å². The van der Waals surface area contributed by atoms with Gasteiger partial charge < -0.3 is 20.9 Å². The summed E-state index contributed by atoms with van der Waals surface area (Å²) in [6.45, 7) is 0.897. The van der Waals surface area contributed by atoms with E-state index in [1.165, 1.54) is 6.07 Å². The topological polar surface area (TPSA) is 117 Å². The highest BCUT2D eigenvalue weighted by atomic mass is 19.1. The van der Waals surface area contributed by atoms with Gasteiger partial charge in [-0.15, -0.1) is 0 Å². The molecule has 0 fully saturated rings. The van der Waals surface area contributed by atoms with Crippen LogP contribution in [0, 0.1) is 11.6 Å². The molecule has 0 aliphatic rings. The Hall–Kier alpha value is -6.01. The van der Waals surface area contributed by atoms with Gasteiger partial charge in [0.05, 0.1) is 23.6 Å². The first-order chi connectivity index (χ1) is 23.2. The highest BCUT2D eigenvalue weighted by Crippen LogP contribution is 2.33. The van der Waals surface area contributed by atoms with E-state index in [0.29, 0.717) is 59.4 Å². The van der Waals surface area contributed by atoms with Gasteiger partial charge in [-0.1, -0.05) is 36.4 Å². The maximum Gasteiger partial charge on any atom is 0.261 e. The molecule has 0 atom stereocenters. The number of benzene rings is 3. The number of nitrogens with one attached hydrogen (secondary N) is 3. The van der Waals surface area contributed by atoms with Crippen LogP contribution in [0.4, 0.5) is 26.1 Å². The van der Waals surface area contributed by atoms with Crippen LogP contribution in [0.1, 0.15) is 15.9 Å². The fraction of sp³-hybridized carbons (Fsp3) is 0.139. The van der Waals surface area contributed by atoms with E-state index in [2.05, 4.69) is 20.9 Å². The van der Waals surface area contributed by atoms with Gasteiger partial charge in [0.15, 0.2) is 0 Å². The molecule has 0 aliphatic carbocycles. The Labute approximate surface area is 275 Å². The summed E-state index contributed by atoms with van der Waals surface area (Å²) in [6, 6.07) is 25.4. The summed E-state index contributed by atoms with van der Waals surface area (Å²) in [5.41, 5.74) is 4.74. The van der Waals surface area contributed by atoms with Gasteiger partial charge in [-0.3, -0.25) is 14.0 Å². The van der Waals surface area contributed by atoms with Crippen LogP contribution in [0.15, 0.2) is 103 Å². The Bertz CT molecular complexity index is 2080. The number of likely N-dealkylation sites (N-methyl/N-ethyl adjacent to an activating group) is 1. The molecule has 6 rings (SSSR count). The Balaban J connectivity index is 1.24. The van der Waals surface area contributed by atoms with Crippen molar-refractivity contribution in [2.75, 3.05) is 37.8 Å². The normalized spacial score (nSPS) is 11.1. The Kier molecular flexibility index (Phi) is 9.44. The lowest BCUT2D eigenvalue weighted by molar-refractivity contribution is -0.121. The Morgan fingerprint density at radius 3 is 2.40 bits per heavy atom. The number of hydrogen-bond donors (Lipinski definition) is 3. The number of carbonyl (C=O) groups is 2. The molecule has 12 heteroatoms. The summed E-state index contributed by atoms with van der Waals surface area (Å²) >= 11 is 0. The van der Waals surface area contributed by atoms with Gasteiger partial charge in [0, 0.05) is 35.9 Å². The second-order valence-electron chi connectivity index (χ2n) is 11.3. The van der Waals surface area contributed by atoms with Crippen molar-refractivity contribution in [2.24, 2.45) is 0 Å². The number of rotatable bonds is 11.